The molecule has 3 nitrogen and oxygen atoms in total. The molecule has 0 bridgehead atoms. The molecule has 0 spiro atoms. The molecule has 0 fully saturated rings. The molecule has 8 heavy (non-hydrogen) atoms. The summed E-state index contributed by atoms with van der Waals surface area (Å²) in [6.07, 6.45) is -1.03. The predicted molar refractivity (Wildman–Crippen MR) is 29.9 cm³/mol. The second-order valence-electron chi connectivity index (χ2n) is 1.19. The lowest BCUT2D eigenvalue weighted by Gasteiger charge is -1.92. The van der Waals surface area contributed by atoms with E-state index < -0.39 is 11.2 Å². The van der Waals surface area contributed by atoms with Crippen molar-refractivity contribution in [3.05, 3.63) is 0 Å². The molecule has 0 aromatic carbocycles. The lowest BCUT2D eigenvalue weighted by Crippen LogP contribution is -2.10. The number of nitrogens with zero attached hydrogens (tertiary/aromatic N) is 1. The maximum Gasteiger partial charge on any atom is 0.231 e. The standard InChI is InChI=1S/C4H5NO2S/c1-3(6)4(7)8-2-5/h3,6H,1H3. The van der Waals surface area contributed by atoms with Crippen LogP contribution in [0.15, 0.2) is 0 Å². The molecule has 0 aliphatic heterocycles. The van der Waals surface area contributed by atoms with Gasteiger partial charge in [0.1, 0.15) is 11.5 Å². The molecule has 0 aromatic rings. The van der Waals surface area contributed by atoms with Gasteiger partial charge in [-0.1, -0.05) is 0 Å². The number of carbonyl (C=O) groups excluding carboxylic acids is 1. The smallest absolute Gasteiger partial charge is 0.231 e. The first kappa shape index (κ1) is 7.47. The van der Waals surface area contributed by atoms with Crippen LogP contribution in [0.1, 0.15) is 6.92 Å². The predicted octanol–water partition coefficient (Wildman–Crippen LogP) is 0.108. The molecule has 0 saturated heterocycles. The van der Waals surface area contributed by atoms with E-state index in [4.69, 9.17) is 10.4 Å². The van der Waals surface area contributed by atoms with Crippen molar-refractivity contribution in [2.45, 2.75) is 13.0 Å². The summed E-state index contributed by atoms with van der Waals surface area (Å²) in [5.74, 6) is 0. The summed E-state index contributed by atoms with van der Waals surface area (Å²) in [4.78, 5) is 10.2. The SMILES string of the molecule is CC(O)C(=O)SC#N. The van der Waals surface area contributed by atoms with Crippen LogP contribution in [0.3, 0.4) is 0 Å². The summed E-state index contributed by atoms with van der Waals surface area (Å²) in [5.41, 5.74) is 0. The first-order valence-electron chi connectivity index (χ1n) is 1.96. The molecule has 0 aromatic heterocycles. The van der Waals surface area contributed by atoms with Gasteiger partial charge in [-0.2, -0.15) is 5.26 Å². The summed E-state index contributed by atoms with van der Waals surface area (Å²) in [7, 11) is 0. The number of thiocyanates is 1. The highest BCUT2D eigenvalue weighted by Gasteiger charge is 2.07. The Morgan fingerprint density at radius 3 is 2.62 bits per heavy atom. The van der Waals surface area contributed by atoms with Crippen LogP contribution in [-0.4, -0.2) is 16.3 Å². The minimum Gasteiger partial charge on any atom is -0.385 e. The molecule has 4 heteroatoms. The Morgan fingerprint density at radius 2 is 2.50 bits per heavy atom. The highest BCUT2D eigenvalue weighted by atomic mass is 32.2. The summed E-state index contributed by atoms with van der Waals surface area (Å²) in [6.45, 7) is 1.33. The maximum absolute atomic E-state index is 10.2. The van der Waals surface area contributed by atoms with Gasteiger partial charge >= 0.3 is 0 Å². The van der Waals surface area contributed by atoms with E-state index in [1.165, 1.54) is 6.92 Å². The van der Waals surface area contributed by atoms with Crippen LogP contribution in [0.2, 0.25) is 0 Å². The Labute approximate surface area is 51.3 Å². The molecule has 0 rings (SSSR count). The zero-order chi connectivity index (χ0) is 6.57. The average molecular weight is 131 g/mol. The third-order valence-corrected chi connectivity index (χ3v) is 1.12. The number of nitriles is 1. The van der Waals surface area contributed by atoms with Crippen LogP contribution in [0, 0.1) is 10.7 Å². The topological polar surface area (TPSA) is 61.1 Å². The van der Waals surface area contributed by atoms with E-state index in [-0.39, 0.29) is 0 Å². The molecule has 0 aliphatic carbocycles. The molecule has 0 aliphatic rings. The Kier molecular flexibility index (Phi) is 3.24. The lowest BCUT2D eigenvalue weighted by molar-refractivity contribution is -0.117. The minimum atomic E-state index is -1.03. The number of carbonyl (C=O) groups is 1. The number of rotatable bonds is 1. The zero-order valence-electron chi connectivity index (χ0n) is 4.29. The first-order valence-corrected chi connectivity index (χ1v) is 2.78. The van der Waals surface area contributed by atoms with E-state index in [1.807, 2.05) is 0 Å². The van der Waals surface area contributed by atoms with Crippen molar-refractivity contribution < 1.29 is 9.90 Å². The van der Waals surface area contributed by atoms with Gasteiger partial charge in [-0.25, -0.2) is 0 Å². The summed E-state index contributed by atoms with van der Waals surface area (Å²) >= 11 is 0.456. The molecular weight excluding hydrogens is 126 g/mol. The van der Waals surface area contributed by atoms with Crippen LogP contribution < -0.4 is 0 Å². The van der Waals surface area contributed by atoms with Crippen molar-refractivity contribution in [1.29, 1.82) is 5.26 Å². The molecule has 0 radical (unpaired) electrons. The Balaban J connectivity index is 3.53. The third-order valence-electron chi connectivity index (χ3n) is 0.487. The van der Waals surface area contributed by atoms with E-state index in [0.29, 0.717) is 11.8 Å². The molecule has 0 heterocycles. The molecule has 44 valence electrons. The largest absolute Gasteiger partial charge is 0.385 e. The van der Waals surface area contributed by atoms with Gasteiger partial charge in [0.05, 0.1) is 0 Å². The fraction of sp³-hybridized carbons (Fsp3) is 0.500. The fourth-order valence-electron chi connectivity index (χ4n) is 0.130. The van der Waals surface area contributed by atoms with Crippen LogP contribution in [-0.2, 0) is 4.79 Å². The van der Waals surface area contributed by atoms with E-state index >= 15 is 0 Å². The fourth-order valence-corrected chi connectivity index (χ4v) is 0.391. The van der Waals surface area contributed by atoms with Crippen molar-refractivity contribution in [1.82, 2.24) is 0 Å². The van der Waals surface area contributed by atoms with Crippen molar-refractivity contribution in [2.24, 2.45) is 0 Å². The second kappa shape index (κ2) is 3.47. The van der Waals surface area contributed by atoms with E-state index in [1.54, 1.807) is 5.40 Å². The molecule has 0 saturated carbocycles. The Bertz CT molecular complexity index is 126. The summed E-state index contributed by atoms with van der Waals surface area (Å²) < 4.78 is 0. The van der Waals surface area contributed by atoms with E-state index in [9.17, 15) is 4.79 Å². The quantitative estimate of drug-likeness (QED) is 0.513. The van der Waals surface area contributed by atoms with Gasteiger partial charge < -0.3 is 5.11 Å². The van der Waals surface area contributed by atoms with Crippen molar-refractivity contribution in [2.75, 3.05) is 0 Å². The maximum atomic E-state index is 10.2. The third kappa shape index (κ3) is 2.61. The minimum absolute atomic E-state index is 0.456. The Hall–Kier alpha value is -0.530. The van der Waals surface area contributed by atoms with Gasteiger partial charge in [0.15, 0.2) is 0 Å². The number of hydrogen-bond acceptors (Lipinski definition) is 4. The molecule has 0 amide bonds. The zero-order valence-corrected chi connectivity index (χ0v) is 5.10. The van der Waals surface area contributed by atoms with E-state index in [0.717, 1.165) is 0 Å². The van der Waals surface area contributed by atoms with Crippen LogP contribution in [0.5, 0.6) is 0 Å². The highest BCUT2D eigenvalue weighted by molar-refractivity contribution is 8.17. The van der Waals surface area contributed by atoms with Gasteiger partial charge in [0, 0.05) is 11.8 Å². The normalized spacial score (nSPS) is 12.1. The first-order chi connectivity index (χ1) is 3.68. The van der Waals surface area contributed by atoms with Crippen molar-refractivity contribution >= 4 is 16.9 Å². The van der Waals surface area contributed by atoms with Crippen LogP contribution in [0.25, 0.3) is 0 Å². The van der Waals surface area contributed by atoms with Gasteiger partial charge in [-0.05, 0) is 6.92 Å². The second-order valence-corrected chi connectivity index (χ2v) is 1.98. The number of hydrogen-bond donors (Lipinski definition) is 1. The summed E-state index contributed by atoms with van der Waals surface area (Å²) in [5, 5.41) is 17.3. The summed E-state index contributed by atoms with van der Waals surface area (Å²) in [6, 6.07) is 0. The Morgan fingerprint density at radius 1 is 2.00 bits per heavy atom. The van der Waals surface area contributed by atoms with Gasteiger partial charge in [-0.15, -0.1) is 0 Å². The molecule has 1 unspecified atom stereocenters. The van der Waals surface area contributed by atoms with Crippen molar-refractivity contribution in [3.8, 4) is 5.40 Å². The van der Waals surface area contributed by atoms with Crippen molar-refractivity contribution in [3.63, 3.8) is 0 Å². The average Bonchev–Trinajstić information content (AvgIpc) is 1.67. The lowest BCUT2D eigenvalue weighted by atomic mass is 10.5. The van der Waals surface area contributed by atoms with Gasteiger partial charge in [-0.3, -0.25) is 4.79 Å². The van der Waals surface area contributed by atoms with Gasteiger partial charge in [0.2, 0.25) is 5.12 Å². The van der Waals surface area contributed by atoms with Crippen LogP contribution >= 0.6 is 11.8 Å². The molecular formula is C4H5NO2S. The highest BCUT2D eigenvalue weighted by Crippen LogP contribution is 2.01. The monoisotopic (exact) mass is 131 g/mol. The molecule has 1 atom stereocenters. The number of thioether (sulfide) groups is 1. The van der Waals surface area contributed by atoms with Gasteiger partial charge in [0.25, 0.3) is 0 Å². The van der Waals surface area contributed by atoms with Crippen LogP contribution in [0.4, 0.5) is 0 Å². The number of aliphatic hydroxyl groups is 1. The molecule has 1 N–H and O–H groups in total. The van der Waals surface area contributed by atoms with E-state index in [2.05, 4.69) is 0 Å². The number of aliphatic hydroxyl groups excluding tert-OH is 1.